The van der Waals surface area contributed by atoms with Gasteiger partial charge in [-0.2, -0.15) is 0 Å². The Bertz CT molecular complexity index is 264. The monoisotopic (exact) mass is 231 g/mol. The minimum absolute atomic E-state index is 0.288. The molecule has 0 spiro atoms. The quantitative estimate of drug-likeness (QED) is 0.707. The van der Waals surface area contributed by atoms with Crippen LogP contribution < -0.4 is 5.32 Å². The van der Waals surface area contributed by atoms with E-state index in [1.807, 2.05) is 0 Å². The fourth-order valence-corrected chi connectivity index (χ4v) is 2.48. The molecular formula is C8H13N3OS2. The van der Waals surface area contributed by atoms with Crippen LogP contribution in [0.4, 0.5) is 0 Å². The Kier molecular flexibility index (Phi) is 3.74. The normalized spacial score (nSPS) is 18.4. The van der Waals surface area contributed by atoms with Crippen LogP contribution in [0.3, 0.4) is 0 Å². The van der Waals surface area contributed by atoms with Crippen LogP contribution in [-0.4, -0.2) is 39.7 Å². The molecule has 1 fully saturated rings. The second kappa shape index (κ2) is 5.06. The van der Waals surface area contributed by atoms with Crippen molar-refractivity contribution in [1.29, 1.82) is 0 Å². The fourth-order valence-electron chi connectivity index (χ4n) is 1.04. The van der Waals surface area contributed by atoms with Crippen molar-refractivity contribution in [3.05, 3.63) is 5.51 Å². The molecule has 0 aliphatic heterocycles. The number of aliphatic hydroxyl groups is 1. The third-order valence-corrected chi connectivity index (χ3v) is 3.96. The van der Waals surface area contributed by atoms with E-state index < -0.39 is 0 Å². The molecule has 2 rings (SSSR count). The first kappa shape index (κ1) is 10.4. The molecule has 0 aromatic carbocycles. The molecule has 1 aromatic heterocycles. The first-order valence-electron chi connectivity index (χ1n) is 4.65. The average molecular weight is 231 g/mol. The maximum absolute atomic E-state index is 9.60. The lowest BCUT2D eigenvalue weighted by Crippen LogP contribution is -2.29. The zero-order chi connectivity index (χ0) is 9.80. The molecular weight excluding hydrogens is 218 g/mol. The first-order valence-corrected chi connectivity index (χ1v) is 6.51. The SMILES string of the molecule is OC(CNC1CC1)CSc1nncs1. The van der Waals surface area contributed by atoms with Crippen molar-refractivity contribution >= 4 is 23.1 Å². The van der Waals surface area contributed by atoms with Gasteiger partial charge in [0.15, 0.2) is 4.34 Å². The minimum Gasteiger partial charge on any atom is -0.391 e. The van der Waals surface area contributed by atoms with Crippen molar-refractivity contribution in [3.63, 3.8) is 0 Å². The standard InChI is InChI=1S/C8H13N3OS2/c12-7(3-9-6-1-2-6)4-13-8-11-10-5-14-8/h5-7,9,12H,1-4H2. The van der Waals surface area contributed by atoms with E-state index in [0.29, 0.717) is 18.3 Å². The first-order chi connectivity index (χ1) is 6.84. The summed E-state index contributed by atoms with van der Waals surface area (Å²) in [5, 5.41) is 20.5. The highest BCUT2D eigenvalue weighted by Gasteiger charge is 2.21. The van der Waals surface area contributed by atoms with E-state index in [2.05, 4.69) is 15.5 Å². The summed E-state index contributed by atoms with van der Waals surface area (Å²) in [6.45, 7) is 0.691. The van der Waals surface area contributed by atoms with Gasteiger partial charge in [-0.05, 0) is 12.8 Å². The van der Waals surface area contributed by atoms with E-state index in [1.54, 1.807) is 17.3 Å². The Balaban J connectivity index is 1.59. The second-order valence-electron chi connectivity index (χ2n) is 3.35. The summed E-state index contributed by atoms with van der Waals surface area (Å²) in [5.74, 6) is 0.689. The van der Waals surface area contributed by atoms with Gasteiger partial charge in [0.1, 0.15) is 5.51 Å². The molecule has 1 aliphatic carbocycles. The van der Waals surface area contributed by atoms with Crippen molar-refractivity contribution in [2.24, 2.45) is 0 Å². The number of aromatic nitrogens is 2. The van der Waals surface area contributed by atoms with Gasteiger partial charge in [0, 0.05) is 18.3 Å². The summed E-state index contributed by atoms with van der Waals surface area (Å²) in [6.07, 6.45) is 2.23. The Morgan fingerprint density at radius 2 is 2.57 bits per heavy atom. The summed E-state index contributed by atoms with van der Waals surface area (Å²) >= 11 is 3.07. The molecule has 78 valence electrons. The van der Waals surface area contributed by atoms with Crippen molar-refractivity contribution in [3.8, 4) is 0 Å². The number of nitrogens with zero attached hydrogens (tertiary/aromatic N) is 2. The highest BCUT2D eigenvalue weighted by atomic mass is 32.2. The molecule has 0 amide bonds. The highest BCUT2D eigenvalue weighted by molar-refractivity contribution is 8.01. The molecule has 0 bridgehead atoms. The predicted molar refractivity (Wildman–Crippen MR) is 57.7 cm³/mol. The van der Waals surface area contributed by atoms with Crippen molar-refractivity contribution < 1.29 is 5.11 Å². The Hall–Kier alpha value is -0.170. The van der Waals surface area contributed by atoms with Gasteiger partial charge in [0.05, 0.1) is 6.10 Å². The molecule has 1 unspecified atom stereocenters. The number of hydrogen-bond donors (Lipinski definition) is 2. The van der Waals surface area contributed by atoms with Crippen LogP contribution in [-0.2, 0) is 0 Å². The number of rotatable bonds is 6. The third kappa shape index (κ3) is 3.53. The number of aliphatic hydroxyl groups excluding tert-OH is 1. The summed E-state index contributed by atoms with van der Waals surface area (Å²) in [6, 6.07) is 0.663. The number of thioether (sulfide) groups is 1. The zero-order valence-electron chi connectivity index (χ0n) is 7.72. The molecule has 1 saturated carbocycles. The van der Waals surface area contributed by atoms with Gasteiger partial charge in [0.2, 0.25) is 0 Å². The van der Waals surface area contributed by atoms with Crippen LogP contribution in [0.2, 0.25) is 0 Å². The molecule has 6 heteroatoms. The predicted octanol–water partition coefficient (Wildman–Crippen LogP) is 0.743. The number of nitrogens with one attached hydrogen (secondary N) is 1. The lowest BCUT2D eigenvalue weighted by Gasteiger charge is -2.09. The summed E-state index contributed by atoms with van der Waals surface area (Å²) in [4.78, 5) is 0. The average Bonchev–Trinajstić information content (AvgIpc) is 2.87. The van der Waals surface area contributed by atoms with Crippen LogP contribution in [0.1, 0.15) is 12.8 Å². The Morgan fingerprint density at radius 3 is 3.21 bits per heavy atom. The van der Waals surface area contributed by atoms with E-state index in [0.717, 1.165) is 4.34 Å². The Morgan fingerprint density at radius 1 is 1.71 bits per heavy atom. The van der Waals surface area contributed by atoms with Crippen LogP contribution in [0, 0.1) is 0 Å². The zero-order valence-corrected chi connectivity index (χ0v) is 9.35. The molecule has 1 aromatic rings. The maximum atomic E-state index is 9.60. The lowest BCUT2D eigenvalue weighted by atomic mass is 10.4. The van der Waals surface area contributed by atoms with Crippen LogP contribution in [0.5, 0.6) is 0 Å². The summed E-state index contributed by atoms with van der Waals surface area (Å²) in [5.41, 5.74) is 1.71. The van der Waals surface area contributed by atoms with Crippen LogP contribution in [0.15, 0.2) is 9.85 Å². The number of hydrogen-bond acceptors (Lipinski definition) is 6. The van der Waals surface area contributed by atoms with Crippen molar-refractivity contribution in [1.82, 2.24) is 15.5 Å². The Labute approximate surface area is 91.1 Å². The van der Waals surface area contributed by atoms with E-state index in [9.17, 15) is 5.11 Å². The smallest absolute Gasteiger partial charge is 0.174 e. The maximum Gasteiger partial charge on any atom is 0.174 e. The van der Waals surface area contributed by atoms with E-state index in [-0.39, 0.29) is 6.10 Å². The molecule has 1 heterocycles. The molecule has 1 aliphatic rings. The van der Waals surface area contributed by atoms with Gasteiger partial charge in [-0.1, -0.05) is 23.1 Å². The third-order valence-electron chi connectivity index (χ3n) is 1.96. The van der Waals surface area contributed by atoms with E-state index in [4.69, 9.17) is 0 Å². The summed E-state index contributed by atoms with van der Waals surface area (Å²) < 4.78 is 0.926. The topological polar surface area (TPSA) is 58.0 Å². The fraction of sp³-hybridized carbons (Fsp3) is 0.750. The molecule has 0 radical (unpaired) electrons. The van der Waals surface area contributed by atoms with Crippen LogP contribution in [0.25, 0.3) is 0 Å². The van der Waals surface area contributed by atoms with Gasteiger partial charge in [0.25, 0.3) is 0 Å². The molecule has 4 nitrogen and oxygen atoms in total. The van der Waals surface area contributed by atoms with Crippen LogP contribution >= 0.6 is 23.1 Å². The molecule has 2 N–H and O–H groups in total. The van der Waals surface area contributed by atoms with Gasteiger partial charge < -0.3 is 10.4 Å². The minimum atomic E-state index is -0.288. The van der Waals surface area contributed by atoms with E-state index in [1.165, 1.54) is 24.2 Å². The van der Waals surface area contributed by atoms with E-state index >= 15 is 0 Å². The molecule has 1 atom stereocenters. The highest BCUT2D eigenvalue weighted by Crippen LogP contribution is 2.21. The second-order valence-corrected chi connectivity index (χ2v) is 5.45. The lowest BCUT2D eigenvalue weighted by molar-refractivity contribution is 0.195. The molecule has 14 heavy (non-hydrogen) atoms. The molecule has 0 saturated heterocycles. The van der Waals surface area contributed by atoms with Gasteiger partial charge in [-0.15, -0.1) is 10.2 Å². The summed E-state index contributed by atoms with van der Waals surface area (Å²) in [7, 11) is 0. The van der Waals surface area contributed by atoms with Crippen molar-refractivity contribution in [2.75, 3.05) is 12.3 Å². The van der Waals surface area contributed by atoms with Gasteiger partial charge in [-0.3, -0.25) is 0 Å². The largest absolute Gasteiger partial charge is 0.391 e. The van der Waals surface area contributed by atoms with Crippen molar-refractivity contribution in [2.45, 2.75) is 29.3 Å². The van der Waals surface area contributed by atoms with Gasteiger partial charge in [-0.25, -0.2) is 0 Å². The van der Waals surface area contributed by atoms with Gasteiger partial charge >= 0.3 is 0 Å².